The van der Waals surface area contributed by atoms with Crippen LogP contribution in [0.5, 0.6) is 0 Å². The third kappa shape index (κ3) is 5.24. The standard InChI is InChI=1S/C17H26N2O5S/c1-3-16(24-4-2)17(20)18-13-14-5-7-15(8-6-14)25(21,22)19-9-11-23-12-10-19/h5-8,16H,3-4,9-13H2,1-2H3,(H,18,20). The molecule has 1 aromatic rings. The number of sulfonamides is 1. The Bertz CT molecular complexity index is 654. The summed E-state index contributed by atoms with van der Waals surface area (Å²) in [5.41, 5.74) is 0.834. The first-order valence-corrected chi connectivity index (χ1v) is 9.99. The van der Waals surface area contributed by atoms with Crippen molar-refractivity contribution >= 4 is 15.9 Å². The number of nitrogens with zero attached hydrogens (tertiary/aromatic N) is 1. The molecule has 0 aromatic heterocycles. The number of rotatable bonds is 8. The summed E-state index contributed by atoms with van der Waals surface area (Å²) in [5.74, 6) is -0.158. The molecule has 1 aliphatic heterocycles. The second kappa shape index (κ2) is 9.28. The maximum absolute atomic E-state index is 12.5. The third-order valence-electron chi connectivity index (χ3n) is 4.03. The van der Waals surface area contributed by atoms with Crippen molar-refractivity contribution in [2.24, 2.45) is 0 Å². The van der Waals surface area contributed by atoms with E-state index in [1.807, 2.05) is 13.8 Å². The van der Waals surface area contributed by atoms with Crippen molar-refractivity contribution in [2.75, 3.05) is 32.9 Å². The molecule has 0 spiro atoms. The number of nitrogens with one attached hydrogen (secondary N) is 1. The van der Waals surface area contributed by atoms with E-state index in [4.69, 9.17) is 9.47 Å². The molecular weight excluding hydrogens is 344 g/mol. The number of hydrogen-bond acceptors (Lipinski definition) is 5. The maximum atomic E-state index is 12.5. The van der Waals surface area contributed by atoms with Crippen molar-refractivity contribution in [3.8, 4) is 0 Å². The van der Waals surface area contributed by atoms with Crippen molar-refractivity contribution in [3.05, 3.63) is 29.8 Å². The van der Waals surface area contributed by atoms with Gasteiger partial charge in [0.25, 0.3) is 0 Å². The average molecular weight is 370 g/mol. The lowest BCUT2D eigenvalue weighted by Crippen LogP contribution is -2.40. The quantitative estimate of drug-likeness (QED) is 0.742. The summed E-state index contributed by atoms with van der Waals surface area (Å²) in [5, 5.41) is 2.82. The van der Waals surface area contributed by atoms with Crippen molar-refractivity contribution in [1.82, 2.24) is 9.62 Å². The first-order valence-electron chi connectivity index (χ1n) is 8.55. The molecule has 1 aliphatic rings. The Morgan fingerprint density at radius 2 is 1.88 bits per heavy atom. The molecule has 7 nitrogen and oxygen atoms in total. The highest BCUT2D eigenvalue weighted by Crippen LogP contribution is 2.17. The van der Waals surface area contributed by atoms with Crippen molar-refractivity contribution in [1.29, 1.82) is 0 Å². The molecule has 1 atom stereocenters. The van der Waals surface area contributed by atoms with Gasteiger partial charge in [-0.15, -0.1) is 0 Å². The van der Waals surface area contributed by atoms with Gasteiger partial charge in [0.1, 0.15) is 6.10 Å². The van der Waals surface area contributed by atoms with Crippen LogP contribution in [0.2, 0.25) is 0 Å². The predicted molar refractivity (Wildman–Crippen MR) is 93.6 cm³/mol. The van der Waals surface area contributed by atoms with Crippen LogP contribution in [0.15, 0.2) is 29.2 Å². The number of ether oxygens (including phenoxy) is 2. The summed E-state index contributed by atoms with van der Waals surface area (Å²) in [4.78, 5) is 12.3. The zero-order valence-corrected chi connectivity index (χ0v) is 15.5. The Morgan fingerprint density at radius 3 is 2.44 bits per heavy atom. The van der Waals surface area contributed by atoms with Gasteiger partial charge in [0.2, 0.25) is 15.9 Å². The maximum Gasteiger partial charge on any atom is 0.249 e. The van der Waals surface area contributed by atoms with E-state index < -0.39 is 16.1 Å². The minimum atomic E-state index is -3.49. The number of hydrogen-bond donors (Lipinski definition) is 1. The lowest BCUT2D eigenvalue weighted by molar-refractivity contribution is -0.132. The molecule has 0 radical (unpaired) electrons. The topological polar surface area (TPSA) is 84.9 Å². The van der Waals surface area contributed by atoms with Gasteiger partial charge in [0.15, 0.2) is 0 Å². The van der Waals surface area contributed by atoms with Gasteiger partial charge in [-0.2, -0.15) is 4.31 Å². The first-order chi connectivity index (χ1) is 12.0. The summed E-state index contributed by atoms with van der Waals surface area (Å²) < 4.78 is 37.1. The van der Waals surface area contributed by atoms with Crippen molar-refractivity contribution in [2.45, 2.75) is 37.8 Å². The third-order valence-corrected chi connectivity index (χ3v) is 5.94. The molecule has 0 saturated carbocycles. The molecule has 25 heavy (non-hydrogen) atoms. The van der Waals surface area contributed by atoms with Crippen molar-refractivity contribution < 1.29 is 22.7 Å². The fraction of sp³-hybridized carbons (Fsp3) is 0.588. The van der Waals surface area contributed by atoms with E-state index in [0.717, 1.165) is 5.56 Å². The van der Waals surface area contributed by atoms with Gasteiger partial charge in [-0.3, -0.25) is 4.79 Å². The fourth-order valence-corrected chi connectivity index (χ4v) is 4.01. The fourth-order valence-electron chi connectivity index (χ4n) is 2.60. The van der Waals surface area contributed by atoms with Crippen LogP contribution in [0.3, 0.4) is 0 Å². The largest absolute Gasteiger partial charge is 0.379 e. The molecular formula is C17H26N2O5S. The number of morpholine rings is 1. The highest BCUT2D eigenvalue weighted by atomic mass is 32.2. The Morgan fingerprint density at radius 1 is 1.24 bits per heavy atom. The van der Waals surface area contributed by atoms with Gasteiger partial charge in [-0.25, -0.2) is 8.42 Å². The van der Waals surface area contributed by atoms with Crippen LogP contribution in [-0.4, -0.2) is 57.6 Å². The number of carbonyl (C=O) groups excluding carboxylic acids is 1. The second-order valence-electron chi connectivity index (χ2n) is 5.73. The van der Waals surface area contributed by atoms with E-state index >= 15 is 0 Å². The summed E-state index contributed by atoms with van der Waals surface area (Å²) >= 11 is 0. The summed E-state index contributed by atoms with van der Waals surface area (Å²) in [6.45, 7) is 6.14. The van der Waals surface area contributed by atoms with Gasteiger partial charge in [-0.1, -0.05) is 19.1 Å². The van der Waals surface area contributed by atoms with Crippen LogP contribution in [0.4, 0.5) is 0 Å². The van der Waals surface area contributed by atoms with E-state index in [2.05, 4.69) is 5.32 Å². The van der Waals surface area contributed by atoms with Gasteiger partial charge >= 0.3 is 0 Å². The molecule has 1 fully saturated rings. The minimum absolute atomic E-state index is 0.158. The van der Waals surface area contributed by atoms with Crippen LogP contribution in [0.1, 0.15) is 25.8 Å². The number of carbonyl (C=O) groups is 1. The van der Waals surface area contributed by atoms with E-state index in [1.165, 1.54) is 4.31 Å². The van der Waals surface area contributed by atoms with E-state index in [0.29, 0.717) is 45.9 Å². The first kappa shape index (κ1) is 19.8. The van der Waals surface area contributed by atoms with Crippen LogP contribution in [0.25, 0.3) is 0 Å². The summed E-state index contributed by atoms with van der Waals surface area (Å²) in [6.07, 6.45) is 0.155. The molecule has 0 bridgehead atoms. The molecule has 1 amide bonds. The Labute approximate surface area is 149 Å². The normalized spacial score (nSPS) is 17.2. The van der Waals surface area contributed by atoms with Crippen LogP contribution >= 0.6 is 0 Å². The zero-order chi connectivity index (χ0) is 18.3. The molecule has 1 N–H and O–H groups in total. The molecule has 1 heterocycles. The Kier molecular flexibility index (Phi) is 7.37. The zero-order valence-electron chi connectivity index (χ0n) is 14.7. The van der Waals surface area contributed by atoms with Crippen LogP contribution in [0, 0.1) is 0 Å². The molecule has 1 saturated heterocycles. The highest BCUT2D eigenvalue weighted by Gasteiger charge is 2.26. The predicted octanol–water partition coefficient (Wildman–Crippen LogP) is 1.14. The van der Waals surface area contributed by atoms with E-state index in [-0.39, 0.29) is 10.8 Å². The molecule has 1 unspecified atom stereocenters. The van der Waals surface area contributed by atoms with Gasteiger partial charge in [-0.05, 0) is 31.0 Å². The van der Waals surface area contributed by atoms with Crippen molar-refractivity contribution in [3.63, 3.8) is 0 Å². The van der Waals surface area contributed by atoms with Gasteiger partial charge in [0.05, 0.1) is 18.1 Å². The summed E-state index contributed by atoms with van der Waals surface area (Å²) in [6, 6.07) is 6.59. The molecule has 8 heteroatoms. The van der Waals surface area contributed by atoms with Crippen LogP contribution < -0.4 is 5.32 Å². The summed E-state index contributed by atoms with van der Waals surface area (Å²) in [7, 11) is -3.49. The van der Waals surface area contributed by atoms with Gasteiger partial charge in [0, 0.05) is 26.2 Å². The highest BCUT2D eigenvalue weighted by molar-refractivity contribution is 7.89. The minimum Gasteiger partial charge on any atom is -0.379 e. The Hall–Kier alpha value is -1.48. The molecule has 140 valence electrons. The van der Waals surface area contributed by atoms with Gasteiger partial charge < -0.3 is 14.8 Å². The van der Waals surface area contributed by atoms with Crippen LogP contribution in [-0.2, 0) is 30.8 Å². The number of amides is 1. The molecule has 1 aromatic carbocycles. The molecule has 0 aliphatic carbocycles. The van der Waals surface area contributed by atoms with E-state index in [1.54, 1.807) is 24.3 Å². The lowest BCUT2D eigenvalue weighted by Gasteiger charge is -2.26. The lowest BCUT2D eigenvalue weighted by atomic mass is 10.2. The monoisotopic (exact) mass is 370 g/mol. The smallest absolute Gasteiger partial charge is 0.249 e. The van der Waals surface area contributed by atoms with E-state index in [9.17, 15) is 13.2 Å². The Balaban J connectivity index is 1.96. The number of benzene rings is 1. The molecule has 2 rings (SSSR count). The average Bonchev–Trinajstić information content (AvgIpc) is 2.65. The SMILES string of the molecule is CCOC(CC)C(=O)NCc1ccc(S(=O)(=O)N2CCOCC2)cc1. The second-order valence-corrected chi connectivity index (χ2v) is 7.67.